The Hall–Kier alpha value is -0.830. The maximum Gasteiger partial charge on any atom is 0.108 e. The van der Waals surface area contributed by atoms with Crippen LogP contribution in [0.3, 0.4) is 0 Å². The van der Waals surface area contributed by atoms with Crippen LogP contribution in [0.15, 0.2) is 12.4 Å². The molecule has 0 aromatic carbocycles. The molecule has 0 saturated heterocycles. The fourth-order valence-corrected chi connectivity index (χ4v) is 1.64. The highest BCUT2D eigenvalue weighted by Gasteiger charge is 2.19. The van der Waals surface area contributed by atoms with Crippen molar-refractivity contribution in [2.45, 2.75) is 38.1 Å². The number of nitrogens with zero attached hydrogens (tertiary/aromatic N) is 2. The Morgan fingerprint density at radius 3 is 3.00 bits per heavy atom. The van der Waals surface area contributed by atoms with Crippen LogP contribution in [0.4, 0.5) is 0 Å². The van der Waals surface area contributed by atoms with Gasteiger partial charge in [0.1, 0.15) is 5.82 Å². The molecule has 1 saturated carbocycles. The third-order valence-corrected chi connectivity index (χ3v) is 2.76. The van der Waals surface area contributed by atoms with Crippen molar-refractivity contribution in [1.29, 1.82) is 0 Å². The lowest BCUT2D eigenvalue weighted by Crippen LogP contribution is -2.17. The molecule has 0 amide bonds. The van der Waals surface area contributed by atoms with Crippen LogP contribution in [-0.4, -0.2) is 22.1 Å². The lowest BCUT2D eigenvalue weighted by atomic mass is 10.2. The zero-order valence-electron chi connectivity index (χ0n) is 8.87. The minimum atomic E-state index is 0.850. The van der Waals surface area contributed by atoms with E-state index in [1.165, 1.54) is 38.1 Å². The van der Waals surface area contributed by atoms with E-state index >= 15 is 0 Å². The van der Waals surface area contributed by atoms with Gasteiger partial charge in [0.05, 0.1) is 0 Å². The van der Waals surface area contributed by atoms with E-state index < -0.39 is 0 Å². The Morgan fingerprint density at radius 2 is 2.36 bits per heavy atom. The Balaban J connectivity index is 1.56. The predicted octanol–water partition coefficient (Wildman–Crippen LogP) is 1.49. The lowest BCUT2D eigenvalue weighted by molar-refractivity contribution is 0.606. The Kier molecular flexibility index (Phi) is 3.19. The standard InChI is InChI=1S/C11H19N3/c1-14-9-8-13-11(14)4-2-3-7-12-10-5-6-10/h8-10,12H,2-7H2,1H3. The molecule has 0 unspecified atom stereocenters. The second kappa shape index (κ2) is 4.60. The number of hydrogen-bond donors (Lipinski definition) is 1. The highest BCUT2D eigenvalue weighted by Crippen LogP contribution is 2.18. The zero-order valence-corrected chi connectivity index (χ0v) is 8.87. The summed E-state index contributed by atoms with van der Waals surface area (Å²) >= 11 is 0. The van der Waals surface area contributed by atoms with Crippen LogP contribution in [0, 0.1) is 0 Å². The van der Waals surface area contributed by atoms with Gasteiger partial charge in [-0.3, -0.25) is 0 Å². The molecule has 78 valence electrons. The van der Waals surface area contributed by atoms with E-state index in [1.807, 2.05) is 12.4 Å². The molecule has 1 aliphatic rings. The summed E-state index contributed by atoms with van der Waals surface area (Å²) in [7, 11) is 2.06. The summed E-state index contributed by atoms with van der Waals surface area (Å²) in [6.45, 7) is 1.18. The second-order valence-electron chi connectivity index (χ2n) is 4.14. The molecule has 1 aromatic heterocycles. The van der Waals surface area contributed by atoms with Gasteiger partial charge in [0.2, 0.25) is 0 Å². The molecule has 1 aliphatic carbocycles. The molecule has 0 aliphatic heterocycles. The zero-order chi connectivity index (χ0) is 9.80. The van der Waals surface area contributed by atoms with Crippen LogP contribution in [-0.2, 0) is 13.5 Å². The van der Waals surface area contributed by atoms with Gasteiger partial charge < -0.3 is 9.88 Å². The predicted molar refractivity (Wildman–Crippen MR) is 57.2 cm³/mol. The van der Waals surface area contributed by atoms with Gasteiger partial charge in [-0.2, -0.15) is 0 Å². The van der Waals surface area contributed by atoms with Gasteiger partial charge in [-0.25, -0.2) is 4.98 Å². The first-order valence-electron chi connectivity index (χ1n) is 5.56. The fourth-order valence-electron chi connectivity index (χ4n) is 1.64. The summed E-state index contributed by atoms with van der Waals surface area (Å²) in [5.41, 5.74) is 0. The van der Waals surface area contributed by atoms with Crippen LogP contribution in [0.1, 0.15) is 31.5 Å². The molecular formula is C11H19N3. The molecule has 3 heteroatoms. The highest BCUT2D eigenvalue weighted by atomic mass is 15.0. The summed E-state index contributed by atoms with van der Waals surface area (Å²) in [5, 5.41) is 3.52. The molecule has 1 fully saturated rings. The SMILES string of the molecule is Cn1ccnc1CCCCNC1CC1. The number of aryl methyl sites for hydroxylation is 2. The van der Waals surface area contributed by atoms with Crippen LogP contribution in [0.5, 0.6) is 0 Å². The quantitative estimate of drug-likeness (QED) is 0.694. The van der Waals surface area contributed by atoms with Crippen molar-refractivity contribution in [1.82, 2.24) is 14.9 Å². The highest BCUT2D eigenvalue weighted by molar-refractivity contribution is 4.90. The Bertz CT molecular complexity index is 276. The van der Waals surface area contributed by atoms with Crippen LogP contribution in [0.25, 0.3) is 0 Å². The van der Waals surface area contributed by atoms with Crippen molar-refractivity contribution in [3.05, 3.63) is 18.2 Å². The number of hydrogen-bond acceptors (Lipinski definition) is 2. The molecule has 0 atom stereocenters. The molecule has 1 aromatic rings. The van der Waals surface area contributed by atoms with E-state index in [9.17, 15) is 0 Å². The van der Waals surface area contributed by atoms with E-state index in [0.29, 0.717) is 0 Å². The number of rotatable bonds is 6. The number of imidazole rings is 1. The van der Waals surface area contributed by atoms with Gasteiger partial charge in [0, 0.05) is 31.9 Å². The summed E-state index contributed by atoms with van der Waals surface area (Å²) in [4.78, 5) is 4.30. The Morgan fingerprint density at radius 1 is 1.50 bits per heavy atom. The second-order valence-corrected chi connectivity index (χ2v) is 4.14. The van der Waals surface area contributed by atoms with E-state index in [4.69, 9.17) is 0 Å². The average Bonchev–Trinajstić information content (AvgIpc) is 2.91. The van der Waals surface area contributed by atoms with Crippen molar-refractivity contribution in [2.24, 2.45) is 7.05 Å². The normalized spacial score (nSPS) is 16.1. The molecule has 14 heavy (non-hydrogen) atoms. The third-order valence-electron chi connectivity index (χ3n) is 2.76. The number of unbranched alkanes of at least 4 members (excludes halogenated alkanes) is 1. The van der Waals surface area contributed by atoms with Crippen LogP contribution >= 0.6 is 0 Å². The van der Waals surface area contributed by atoms with Gasteiger partial charge in [-0.05, 0) is 32.2 Å². The first-order chi connectivity index (χ1) is 6.86. The summed E-state index contributed by atoms with van der Waals surface area (Å²) < 4.78 is 2.11. The van der Waals surface area contributed by atoms with Crippen molar-refractivity contribution in [2.75, 3.05) is 6.54 Å². The topological polar surface area (TPSA) is 29.9 Å². The molecule has 0 spiro atoms. The van der Waals surface area contributed by atoms with Crippen LogP contribution in [0.2, 0.25) is 0 Å². The Labute approximate surface area is 85.5 Å². The lowest BCUT2D eigenvalue weighted by Gasteiger charge is -2.03. The molecule has 1 N–H and O–H groups in total. The van der Waals surface area contributed by atoms with E-state index in [-0.39, 0.29) is 0 Å². The van der Waals surface area contributed by atoms with Crippen molar-refractivity contribution >= 4 is 0 Å². The molecule has 0 radical (unpaired) electrons. The minimum Gasteiger partial charge on any atom is -0.338 e. The van der Waals surface area contributed by atoms with Crippen molar-refractivity contribution in [3.63, 3.8) is 0 Å². The van der Waals surface area contributed by atoms with Crippen molar-refractivity contribution in [3.8, 4) is 0 Å². The number of aromatic nitrogens is 2. The molecule has 0 bridgehead atoms. The third kappa shape index (κ3) is 2.84. The largest absolute Gasteiger partial charge is 0.338 e. The maximum absolute atomic E-state index is 4.30. The minimum absolute atomic E-state index is 0.850. The first-order valence-corrected chi connectivity index (χ1v) is 5.56. The maximum atomic E-state index is 4.30. The summed E-state index contributed by atoms with van der Waals surface area (Å²) in [5.74, 6) is 1.21. The van der Waals surface area contributed by atoms with Gasteiger partial charge in [-0.15, -0.1) is 0 Å². The van der Waals surface area contributed by atoms with Crippen LogP contribution < -0.4 is 5.32 Å². The molecule has 1 heterocycles. The monoisotopic (exact) mass is 193 g/mol. The van der Waals surface area contributed by atoms with E-state index in [0.717, 1.165) is 12.5 Å². The van der Waals surface area contributed by atoms with E-state index in [1.54, 1.807) is 0 Å². The smallest absolute Gasteiger partial charge is 0.108 e. The van der Waals surface area contributed by atoms with Gasteiger partial charge >= 0.3 is 0 Å². The first kappa shape index (κ1) is 9.71. The van der Waals surface area contributed by atoms with Crippen molar-refractivity contribution < 1.29 is 0 Å². The van der Waals surface area contributed by atoms with Gasteiger partial charge in [-0.1, -0.05) is 0 Å². The summed E-state index contributed by atoms with van der Waals surface area (Å²) in [6, 6.07) is 0.850. The van der Waals surface area contributed by atoms with Gasteiger partial charge in [0.15, 0.2) is 0 Å². The molecule has 3 nitrogen and oxygen atoms in total. The van der Waals surface area contributed by atoms with E-state index in [2.05, 4.69) is 21.9 Å². The van der Waals surface area contributed by atoms with Gasteiger partial charge in [0.25, 0.3) is 0 Å². The average molecular weight is 193 g/mol. The fraction of sp³-hybridized carbons (Fsp3) is 0.727. The number of nitrogens with one attached hydrogen (secondary N) is 1. The molecule has 2 rings (SSSR count). The summed E-state index contributed by atoms with van der Waals surface area (Å²) in [6.07, 6.45) is 10.3. The molecular weight excluding hydrogens is 174 g/mol.